The molecule has 0 aliphatic carbocycles. The molecular weight excluding hydrogens is 266 g/mol. The predicted molar refractivity (Wildman–Crippen MR) is 77.5 cm³/mol. The number of nitriles is 1. The first-order valence-corrected chi connectivity index (χ1v) is 6.73. The largest absolute Gasteiger partial charge is 0.323 e. The Kier molecular flexibility index (Phi) is 3.32. The maximum absolute atomic E-state index is 12.2. The highest BCUT2D eigenvalue weighted by molar-refractivity contribution is 5.88. The molecular formula is C15H15N5O. The molecule has 0 fully saturated rings. The number of benzene rings is 1. The number of rotatable bonds is 1. The van der Waals surface area contributed by atoms with Crippen molar-refractivity contribution in [1.29, 1.82) is 5.26 Å². The normalized spacial score (nSPS) is 13.4. The Hall–Kier alpha value is -2.81. The number of carbonyl (C=O) groups is 1. The van der Waals surface area contributed by atoms with Crippen molar-refractivity contribution >= 4 is 11.8 Å². The van der Waals surface area contributed by atoms with Gasteiger partial charge in [-0.3, -0.25) is 10.00 Å². The molecule has 0 saturated carbocycles. The molecule has 0 radical (unpaired) electrons. The topological polar surface area (TPSA) is 74.0 Å². The van der Waals surface area contributed by atoms with Gasteiger partial charge in [-0.05, 0) is 29.7 Å². The van der Waals surface area contributed by atoms with Crippen molar-refractivity contribution < 1.29 is 4.79 Å². The summed E-state index contributed by atoms with van der Waals surface area (Å²) in [5, 5.41) is 15.8. The SMILES string of the molecule is Cn1ccc(NC(=O)N2CCc3cc(C#N)ccc3C2)n1. The van der Waals surface area contributed by atoms with Gasteiger partial charge in [0.1, 0.15) is 0 Å². The number of carbonyl (C=O) groups excluding carboxylic acids is 1. The quantitative estimate of drug-likeness (QED) is 0.867. The second-order valence-corrected chi connectivity index (χ2v) is 5.07. The van der Waals surface area contributed by atoms with Crippen molar-refractivity contribution in [1.82, 2.24) is 14.7 Å². The number of hydrogen-bond acceptors (Lipinski definition) is 3. The zero-order valence-electron chi connectivity index (χ0n) is 11.7. The summed E-state index contributed by atoms with van der Waals surface area (Å²) < 4.78 is 1.64. The lowest BCUT2D eigenvalue weighted by Gasteiger charge is -2.28. The van der Waals surface area contributed by atoms with Crippen LogP contribution in [0.4, 0.5) is 10.6 Å². The van der Waals surface area contributed by atoms with Crippen LogP contribution in [0.2, 0.25) is 0 Å². The summed E-state index contributed by atoms with van der Waals surface area (Å²) in [5.41, 5.74) is 2.91. The van der Waals surface area contributed by atoms with E-state index in [0.717, 1.165) is 17.5 Å². The summed E-state index contributed by atoms with van der Waals surface area (Å²) >= 11 is 0. The zero-order valence-corrected chi connectivity index (χ0v) is 11.7. The molecule has 2 amide bonds. The van der Waals surface area contributed by atoms with E-state index in [1.165, 1.54) is 0 Å². The van der Waals surface area contributed by atoms with Crippen LogP contribution in [0.1, 0.15) is 16.7 Å². The van der Waals surface area contributed by atoms with Gasteiger partial charge in [0.15, 0.2) is 5.82 Å². The molecule has 6 heteroatoms. The van der Waals surface area contributed by atoms with Crippen LogP contribution >= 0.6 is 0 Å². The van der Waals surface area contributed by atoms with Crippen LogP contribution in [0.5, 0.6) is 0 Å². The Bertz CT molecular complexity index is 728. The maximum atomic E-state index is 12.2. The minimum Gasteiger partial charge on any atom is -0.320 e. The van der Waals surface area contributed by atoms with Gasteiger partial charge in [0.05, 0.1) is 11.6 Å². The minimum absolute atomic E-state index is 0.149. The minimum atomic E-state index is -0.149. The van der Waals surface area contributed by atoms with Crippen LogP contribution in [0, 0.1) is 11.3 Å². The van der Waals surface area contributed by atoms with Crippen LogP contribution < -0.4 is 5.32 Å². The lowest BCUT2D eigenvalue weighted by Crippen LogP contribution is -2.39. The number of aromatic nitrogens is 2. The van der Waals surface area contributed by atoms with E-state index >= 15 is 0 Å². The lowest BCUT2D eigenvalue weighted by atomic mass is 9.98. The summed E-state index contributed by atoms with van der Waals surface area (Å²) in [4.78, 5) is 14.0. The van der Waals surface area contributed by atoms with E-state index in [-0.39, 0.29) is 6.03 Å². The smallest absolute Gasteiger partial charge is 0.320 e. The molecule has 0 bridgehead atoms. The van der Waals surface area contributed by atoms with Crippen molar-refractivity contribution in [3.63, 3.8) is 0 Å². The molecule has 0 unspecified atom stereocenters. The summed E-state index contributed by atoms with van der Waals surface area (Å²) in [6.45, 7) is 1.19. The van der Waals surface area contributed by atoms with Crippen molar-refractivity contribution in [3.05, 3.63) is 47.2 Å². The standard InChI is InChI=1S/C15H15N5O/c1-19-6-5-14(18-19)17-15(21)20-7-4-12-8-11(9-16)2-3-13(12)10-20/h2-3,5-6,8H,4,7,10H2,1H3,(H,17,18,21). The number of anilines is 1. The van der Waals surface area contributed by atoms with E-state index in [1.54, 1.807) is 35.0 Å². The molecule has 6 nitrogen and oxygen atoms in total. The van der Waals surface area contributed by atoms with Gasteiger partial charge in [0.25, 0.3) is 0 Å². The molecule has 2 aromatic rings. The molecule has 21 heavy (non-hydrogen) atoms. The summed E-state index contributed by atoms with van der Waals surface area (Å²) in [6, 6.07) is 9.37. The highest BCUT2D eigenvalue weighted by Crippen LogP contribution is 2.20. The fourth-order valence-electron chi connectivity index (χ4n) is 2.47. The molecule has 1 aliphatic heterocycles. The Labute approximate surface area is 122 Å². The summed E-state index contributed by atoms with van der Waals surface area (Å²) in [6.07, 6.45) is 2.55. The van der Waals surface area contributed by atoms with Gasteiger partial charge < -0.3 is 4.90 Å². The Morgan fingerprint density at radius 1 is 1.38 bits per heavy atom. The molecule has 1 aliphatic rings. The molecule has 0 spiro atoms. The predicted octanol–water partition coefficient (Wildman–Crippen LogP) is 1.88. The molecule has 3 rings (SSSR count). The van der Waals surface area contributed by atoms with E-state index in [9.17, 15) is 4.79 Å². The van der Waals surface area contributed by atoms with E-state index in [4.69, 9.17) is 5.26 Å². The Balaban J connectivity index is 1.71. The number of hydrogen-bond donors (Lipinski definition) is 1. The highest BCUT2D eigenvalue weighted by atomic mass is 16.2. The van der Waals surface area contributed by atoms with Crippen LogP contribution in [0.25, 0.3) is 0 Å². The molecule has 0 saturated heterocycles. The van der Waals surface area contributed by atoms with Crippen LogP contribution in [0.15, 0.2) is 30.5 Å². The highest BCUT2D eigenvalue weighted by Gasteiger charge is 2.21. The fraction of sp³-hybridized carbons (Fsp3) is 0.267. The monoisotopic (exact) mass is 281 g/mol. The van der Waals surface area contributed by atoms with Gasteiger partial charge >= 0.3 is 6.03 Å². The first-order chi connectivity index (χ1) is 10.2. The van der Waals surface area contributed by atoms with Crippen molar-refractivity contribution in [2.24, 2.45) is 7.05 Å². The first-order valence-electron chi connectivity index (χ1n) is 6.73. The second kappa shape index (κ2) is 5.29. The van der Waals surface area contributed by atoms with E-state index in [2.05, 4.69) is 16.5 Å². The lowest BCUT2D eigenvalue weighted by molar-refractivity contribution is 0.206. The average Bonchev–Trinajstić information content (AvgIpc) is 2.91. The van der Waals surface area contributed by atoms with E-state index in [0.29, 0.717) is 24.5 Å². The van der Waals surface area contributed by atoms with E-state index < -0.39 is 0 Å². The van der Waals surface area contributed by atoms with Crippen LogP contribution in [0.3, 0.4) is 0 Å². The molecule has 2 heterocycles. The molecule has 1 aromatic heterocycles. The van der Waals surface area contributed by atoms with Crippen molar-refractivity contribution in [2.75, 3.05) is 11.9 Å². The molecule has 1 N–H and O–H groups in total. The third kappa shape index (κ3) is 2.72. The summed E-state index contributed by atoms with van der Waals surface area (Å²) in [5.74, 6) is 0.549. The van der Waals surface area contributed by atoms with Gasteiger partial charge in [-0.15, -0.1) is 0 Å². The molecule has 1 aromatic carbocycles. The van der Waals surface area contributed by atoms with E-state index in [1.807, 2.05) is 12.1 Å². The zero-order chi connectivity index (χ0) is 14.8. The second-order valence-electron chi connectivity index (χ2n) is 5.07. The number of aryl methyl sites for hydroxylation is 1. The number of amides is 2. The number of urea groups is 1. The third-order valence-electron chi connectivity index (χ3n) is 3.58. The van der Waals surface area contributed by atoms with Crippen LogP contribution in [-0.2, 0) is 20.0 Å². The van der Waals surface area contributed by atoms with Gasteiger partial charge in [-0.25, -0.2) is 4.79 Å². The van der Waals surface area contributed by atoms with Gasteiger partial charge in [-0.2, -0.15) is 10.4 Å². The van der Waals surface area contributed by atoms with Crippen LogP contribution in [-0.4, -0.2) is 27.3 Å². The van der Waals surface area contributed by atoms with Gasteiger partial charge in [0.2, 0.25) is 0 Å². The number of fused-ring (bicyclic) bond motifs is 1. The van der Waals surface area contributed by atoms with Gasteiger partial charge in [-0.1, -0.05) is 6.07 Å². The Morgan fingerprint density at radius 2 is 2.24 bits per heavy atom. The average molecular weight is 281 g/mol. The molecule has 0 atom stereocenters. The fourth-order valence-corrected chi connectivity index (χ4v) is 2.47. The molecule has 106 valence electrons. The summed E-state index contributed by atoms with van der Waals surface area (Å²) in [7, 11) is 1.81. The maximum Gasteiger partial charge on any atom is 0.323 e. The first kappa shape index (κ1) is 13.2. The van der Waals surface area contributed by atoms with Crippen molar-refractivity contribution in [2.45, 2.75) is 13.0 Å². The third-order valence-corrected chi connectivity index (χ3v) is 3.58. The number of nitrogens with one attached hydrogen (secondary N) is 1. The van der Waals surface area contributed by atoms with Crippen molar-refractivity contribution in [3.8, 4) is 6.07 Å². The van der Waals surface area contributed by atoms with Gasteiger partial charge in [0, 0.05) is 32.4 Å². The number of nitrogens with zero attached hydrogens (tertiary/aromatic N) is 4. The Morgan fingerprint density at radius 3 is 2.95 bits per heavy atom.